The van der Waals surface area contributed by atoms with E-state index in [1.807, 2.05) is 0 Å². The molecule has 0 amide bonds. The third-order valence-corrected chi connectivity index (χ3v) is 15.5. The van der Waals surface area contributed by atoms with Crippen LogP contribution in [0.1, 0.15) is 104 Å². The number of methoxy groups -OCH3 is 1. The van der Waals surface area contributed by atoms with Crippen molar-refractivity contribution < 1.29 is 83.2 Å². The zero-order chi connectivity index (χ0) is 44.5. The van der Waals surface area contributed by atoms with Crippen LogP contribution in [0.2, 0.25) is 0 Å². The third kappa shape index (κ3) is 7.37. The fourth-order valence-corrected chi connectivity index (χ4v) is 8.91. The van der Waals surface area contributed by atoms with Crippen LogP contribution in [0, 0.1) is 10.8 Å². The SMILES string of the molecule is COCC1(C)OC(COC(C)=O)C(C)(COCC2(C)OC(COC(C)=O)C(C)(COCC3(C)OC(C)C(C)(O)C(C)(O)C3(C)O)C(C)(O)C2(C)O)C(C)(O)C1(C)O. The summed E-state index contributed by atoms with van der Waals surface area (Å²) in [7, 11) is 1.42. The van der Waals surface area contributed by atoms with Crippen molar-refractivity contribution in [3.63, 3.8) is 0 Å². The maximum Gasteiger partial charge on any atom is 0.302 e. The summed E-state index contributed by atoms with van der Waals surface area (Å²) < 4.78 is 47.6. The quantitative estimate of drug-likeness (QED) is 0.118. The Morgan fingerprint density at radius 2 is 0.807 bits per heavy atom. The summed E-state index contributed by atoms with van der Waals surface area (Å²) in [6, 6.07) is 0. The van der Waals surface area contributed by atoms with E-state index in [-0.39, 0.29) is 39.6 Å². The van der Waals surface area contributed by atoms with Gasteiger partial charge in [-0.2, -0.15) is 0 Å². The van der Waals surface area contributed by atoms with Crippen molar-refractivity contribution in [2.45, 2.75) is 178 Å². The molecule has 334 valence electrons. The summed E-state index contributed by atoms with van der Waals surface area (Å²) in [5.74, 6) is -1.24. The molecule has 15 unspecified atom stereocenters. The van der Waals surface area contributed by atoms with E-state index in [9.17, 15) is 45.3 Å². The molecular formula is C40H72O17. The molecule has 0 aromatic heterocycles. The van der Waals surface area contributed by atoms with Crippen molar-refractivity contribution in [2.24, 2.45) is 10.8 Å². The van der Waals surface area contributed by atoms with Crippen LogP contribution < -0.4 is 0 Å². The molecule has 15 atom stereocenters. The van der Waals surface area contributed by atoms with Crippen LogP contribution in [0.5, 0.6) is 0 Å². The van der Waals surface area contributed by atoms with E-state index in [0.29, 0.717) is 0 Å². The molecule has 0 radical (unpaired) electrons. The summed E-state index contributed by atoms with van der Waals surface area (Å²) >= 11 is 0. The number of esters is 2. The number of carbonyl (C=O) groups is 2. The molecule has 0 aromatic rings. The van der Waals surface area contributed by atoms with Gasteiger partial charge >= 0.3 is 11.9 Å². The minimum Gasteiger partial charge on any atom is -0.463 e. The van der Waals surface area contributed by atoms with E-state index in [2.05, 4.69) is 0 Å². The number of aliphatic hydroxyl groups is 7. The van der Waals surface area contributed by atoms with Crippen molar-refractivity contribution >= 4 is 11.9 Å². The van der Waals surface area contributed by atoms with E-state index in [4.69, 9.17) is 37.9 Å². The number of hydrogen-bond donors (Lipinski definition) is 7. The highest BCUT2D eigenvalue weighted by molar-refractivity contribution is 5.66. The molecule has 3 aliphatic rings. The lowest BCUT2D eigenvalue weighted by atomic mass is 9.56. The van der Waals surface area contributed by atoms with Crippen LogP contribution in [0.3, 0.4) is 0 Å². The van der Waals surface area contributed by atoms with Gasteiger partial charge in [0.15, 0.2) is 0 Å². The maximum absolute atomic E-state index is 12.5. The Kier molecular flexibility index (Phi) is 13.4. The van der Waals surface area contributed by atoms with Gasteiger partial charge in [0.25, 0.3) is 0 Å². The fourth-order valence-electron chi connectivity index (χ4n) is 8.91. The van der Waals surface area contributed by atoms with E-state index in [1.165, 1.54) is 83.3 Å². The fraction of sp³-hybridized carbons (Fsp3) is 0.950. The topological polar surface area (TPSA) is 250 Å². The Balaban J connectivity index is 1.97. The minimum atomic E-state index is -2.15. The van der Waals surface area contributed by atoms with E-state index >= 15 is 0 Å². The second-order valence-corrected chi connectivity index (χ2v) is 19.1. The lowest BCUT2D eigenvalue weighted by Gasteiger charge is -2.65. The molecule has 0 aromatic carbocycles. The normalized spacial score (nSPS) is 51.7. The van der Waals surface area contributed by atoms with Crippen LogP contribution in [-0.2, 0) is 47.5 Å². The second-order valence-electron chi connectivity index (χ2n) is 19.1. The largest absolute Gasteiger partial charge is 0.463 e. The highest BCUT2D eigenvalue weighted by atomic mass is 16.6. The number of carbonyl (C=O) groups excluding carboxylic acids is 2. The first-order chi connectivity index (χ1) is 25.4. The molecule has 3 fully saturated rings. The van der Waals surface area contributed by atoms with Gasteiger partial charge in [-0.1, -0.05) is 13.8 Å². The number of rotatable bonds is 14. The van der Waals surface area contributed by atoms with Gasteiger partial charge in [-0.3, -0.25) is 9.59 Å². The van der Waals surface area contributed by atoms with Crippen LogP contribution in [0.15, 0.2) is 0 Å². The van der Waals surface area contributed by atoms with Gasteiger partial charge in [0.2, 0.25) is 0 Å². The van der Waals surface area contributed by atoms with Crippen LogP contribution in [0.4, 0.5) is 0 Å². The monoisotopic (exact) mass is 824 g/mol. The Hall–Kier alpha value is -1.58. The average Bonchev–Trinajstić information content (AvgIpc) is 3.05. The molecular weight excluding hydrogens is 752 g/mol. The van der Waals surface area contributed by atoms with E-state index in [0.717, 1.165) is 0 Å². The molecule has 0 saturated carbocycles. The molecule has 0 spiro atoms. The first-order valence-electron chi connectivity index (χ1n) is 19.4. The molecule has 3 rings (SSSR count). The van der Waals surface area contributed by atoms with Crippen LogP contribution in [0.25, 0.3) is 0 Å². The number of ether oxygens (including phenoxy) is 8. The molecule has 17 nitrogen and oxygen atoms in total. The summed E-state index contributed by atoms with van der Waals surface area (Å²) in [4.78, 5) is 24.0. The molecule has 7 N–H and O–H groups in total. The Labute approximate surface area is 337 Å². The summed E-state index contributed by atoms with van der Waals surface area (Å²) in [5.41, 5.74) is -22.0. The summed E-state index contributed by atoms with van der Waals surface area (Å²) in [5, 5.41) is 83.0. The molecule has 3 saturated heterocycles. The Bertz CT molecular complexity index is 1470. The molecule has 0 aliphatic carbocycles. The average molecular weight is 825 g/mol. The third-order valence-electron chi connectivity index (χ3n) is 15.5. The van der Waals surface area contributed by atoms with Crippen molar-refractivity contribution in [2.75, 3.05) is 53.4 Å². The summed E-state index contributed by atoms with van der Waals surface area (Å²) in [6.07, 6.45) is -3.14. The second kappa shape index (κ2) is 15.4. The molecule has 17 heteroatoms. The van der Waals surface area contributed by atoms with Gasteiger partial charge in [-0.15, -0.1) is 0 Å². The van der Waals surface area contributed by atoms with Gasteiger partial charge in [0.1, 0.15) is 81.4 Å². The van der Waals surface area contributed by atoms with Crippen molar-refractivity contribution in [3.05, 3.63) is 0 Å². The van der Waals surface area contributed by atoms with Gasteiger partial charge in [-0.25, -0.2) is 0 Å². The molecule has 0 bridgehead atoms. The zero-order valence-corrected chi connectivity index (χ0v) is 36.9. The highest BCUT2D eigenvalue weighted by Crippen LogP contribution is 2.57. The van der Waals surface area contributed by atoms with E-state index in [1.54, 1.807) is 27.7 Å². The standard InChI is InChI=1S/C40H72O17/c1-24-34(9,43)40(15,49)39(14,48)32(7,55-24)22-51-19-30(5)28(18-54-26(3)42)57-33(8,38(13,47)36(30,11)45)23-52-20-29(4)27(17-53-25(2)41)56-31(6,21-50-16)37(12,46)35(29,10)44/h24,27-28,43-49H,17-23H2,1-16H3. The first-order valence-corrected chi connectivity index (χ1v) is 19.4. The van der Waals surface area contributed by atoms with Gasteiger partial charge < -0.3 is 73.6 Å². The Morgan fingerprint density at radius 1 is 0.491 bits per heavy atom. The zero-order valence-electron chi connectivity index (χ0n) is 36.9. The lowest BCUT2D eigenvalue weighted by molar-refractivity contribution is -0.388. The predicted octanol–water partition coefficient (Wildman–Crippen LogP) is 0.554. The Morgan fingerprint density at radius 3 is 1.14 bits per heavy atom. The lowest BCUT2D eigenvalue weighted by Crippen LogP contribution is -2.81. The molecule has 3 heterocycles. The van der Waals surface area contributed by atoms with Crippen LogP contribution in [-0.4, -0.2) is 175 Å². The minimum absolute atomic E-state index is 0.118. The number of hydrogen-bond acceptors (Lipinski definition) is 17. The van der Waals surface area contributed by atoms with Gasteiger partial charge in [0, 0.05) is 21.0 Å². The first kappa shape index (κ1) is 49.8. The maximum atomic E-state index is 12.5. The van der Waals surface area contributed by atoms with Gasteiger partial charge in [-0.05, 0) is 76.2 Å². The van der Waals surface area contributed by atoms with Crippen molar-refractivity contribution in [1.29, 1.82) is 0 Å². The van der Waals surface area contributed by atoms with Gasteiger partial charge in [0.05, 0.1) is 50.0 Å². The summed E-state index contributed by atoms with van der Waals surface area (Å²) in [6.45, 7) is 19.1. The van der Waals surface area contributed by atoms with Crippen molar-refractivity contribution in [1.82, 2.24) is 0 Å². The van der Waals surface area contributed by atoms with Crippen molar-refractivity contribution in [3.8, 4) is 0 Å². The highest BCUT2D eigenvalue weighted by Gasteiger charge is 2.73. The van der Waals surface area contributed by atoms with Crippen LogP contribution >= 0.6 is 0 Å². The molecule has 3 aliphatic heterocycles. The smallest absolute Gasteiger partial charge is 0.302 e. The van der Waals surface area contributed by atoms with E-state index < -0.39 is 104 Å². The molecule has 57 heavy (non-hydrogen) atoms. The predicted molar refractivity (Wildman–Crippen MR) is 203 cm³/mol.